The first-order valence-corrected chi connectivity index (χ1v) is 14.9. The molecule has 1 amide bonds. The number of aliphatic imine (C=N–C) groups is 1. The van der Waals surface area contributed by atoms with Crippen molar-refractivity contribution in [3.05, 3.63) is 5.82 Å². The second kappa shape index (κ2) is 11.0. The van der Waals surface area contributed by atoms with Gasteiger partial charge >= 0.3 is 6.09 Å². The molecule has 3 heterocycles. The molecule has 11 heteroatoms. The number of hydrogen-bond donors (Lipinski definition) is 3. The number of carboxylic acid groups (broad SMARTS) is 1. The summed E-state index contributed by atoms with van der Waals surface area (Å²) in [5.74, 6) is 5.57. The molecule has 4 N–H and O–H groups in total. The Bertz CT molecular complexity index is 1160. The predicted molar refractivity (Wildman–Crippen MR) is 150 cm³/mol. The molecule has 5 rings (SSSR count). The molecule has 202 valence electrons. The van der Waals surface area contributed by atoms with Crippen LogP contribution < -0.4 is 16.0 Å². The molecule has 0 aromatic carbocycles. The predicted octanol–water partition coefficient (Wildman–Crippen LogP) is 4.58. The maximum atomic E-state index is 11.2. The lowest BCUT2D eigenvalue weighted by Crippen LogP contribution is -2.42. The number of nitrogens with one attached hydrogen (secondary N) is 1. The monoisotopic (exact) mass is 528 g/mol. The zero-order chi connectivity index (χ0) is 26.1. The number of aromatic nitrogens is 4. The van der Waals surface area contributed by atoms with Crippen molar-refractivity contribution in [2.75, 3.05) is 28.3 Å². The Labute approximate surface area is 222 Å². The van der Waals surface area contributed by atoms with Gasteiger partial charge < -0.3 is 25.6 Å². The smallest absolute Gasteiger partial charge is 0.433 e. The van der Waals surface area contributed by atoms with Crippen LogP contribution in [0.5, 0.6) is 0 Å². The largest absolute Gasteiger partial charge is 0.463 e. The first-order valence-electron chi connectivity index (χ1n) is 13.8. The van der Waals surface area contributed by atoms with Crippen molar-refractivity contribution in [3.8, 4) is 0 Å². The number of nitrogens with zero attached hydrogens (tertiary/aromatic N) is 6. The van der Waals surface area contributed by atoms with Gasteiger partial charge in [-0.05, 0) is 57.3 Å². The van der Waals surface area contributed by atoms with Crippen LogP contribution in [0, 0.1) is 17.8 Å². The molecule has 0 bridgehead atoms. The molecule has 2 unspecified atom stereocenters. The lowest BCUT2D eigenvalue weighted by Gasteiger charge is -2.35. The number of fused-ring (bicyclic) bond motifs is 1. The van der Waals surface area contributed by atoms with Crippen molar-refractivity contribution in [3.63, 3.8) is 0 Å². The van der Waals surface area contributed by atoms with Crippen LogP contribution in [-0.4, -0.2) is 66.7 Å². The van der Waals surface area contributed by atoms with Crippen LogP contribution in [0.2, 0.25) is 0 Å². The molecule has 1 aliphatic heterocycles. The van der Waals surface area contributed by atoms with Crippen molar-refractivity contribution in [1.29, 1.82) is 0 Å². The van der Waals surface area contributed by atoms with E-state index in [2.05, 4.69) is 45.5 Å². The van der Waals surface area contributed by atoms with Crippen LogP contribution >= 0.6 is 11.8 Å². The quantitative estimate of drug-likeness (QED) is 0.349. The minimum atomic E-state index is -1.36. The normalized spacial score (nSPS) is 26.2. The minimum Gasteiger partial charge on any atom is -0.463 e. The van der Waals surface area contributed by atoms with Crippen LogP contribution in [0.4, 0.5) is 16.6 Å². The molecule has 10 nitrogen and oxygen atoms in total. The van der Waals surface area contributed by atoms with E-state index >= 15 is 0 Å². The second-order valence-electron chi connectivity index (χ2n) is 11.2. The molecule has 3 fully saturated rings. The molecule has 0 radical (unpaired) electrons. The van der Waals surface area contributed by atoms with E-state index in [0.29, 0.717) is 29.3 Å². The van der Waals surface area contributed by atoms with Crippen LogP contribution in [0.1, 0.15) is 71.5 Å². The third kappa shape index (κ3) is 5.66. The molecule has 0 spiro atoms. The lowest BCUT2D eigenvalue weighted by molar-refractivity contribution is 0.205. The highest BCUT2D eigenvalue weighted by atomic mass is 32.2. The maximum absolute atomic E-state index is 11.2. The van der Waals surface area contributed by atoms with E-state index in [1.807, 2.05) is 11.8 Å². The van der Waals surface area contributed by atoms with E-state index in [1.165, 1.54) is 44.9 Å². The Morgan fingerprint density at radius 1 is 1.19 bits per heavy atom. The molecule has 2 aromatic rings. The molecule has 2 aliphatic carbocycles. The number of rotatable bonds is 7. The number of carbonyl (C=O) groups is 1. The Hall–Kier alpha value is -2.56. The summed E-state index contributed by atoms with van der Waals surface area (Å²) in [5, 5.41) is 12.8. The maximum Gasteiger partial charge on any atom is 0.433 e. The van der Waals surface area contributed by atoms with Gasteiger partial charge in [-0.15, -0.1) is 0 Å². The fourth-order valence-electron chi connectivity index (χ4n) is 5.85. The van der Waals surface area contributed by atoms with Crippen LogP contribution in [0.15, 0.2) is 4.99 Å². The Balaban J connectivity index is 1.63. The van der Waals surface area contributed by atoms with Crippen molar-refractivity contribution in [1.82, 2.24) is 19.5 Å². The van der Waals surface area contributed by atoms with Gasteiger partial charge in [0.15, 0.2) is 23.1 Å². The van der Waals surface area contributed by atoms with Gasteiger partial charge in [0.2, 0.25) is 5.95 Å². The highest BCUT2D eigenvalue weighted by Gasteiger charge is 2.31. The van der Waals surface area contributed by atoms with E-state index < -0.39 is 6.09 Å². The summed E-state index contributed by atoms with van der Waals surface area (Å²) in [6.45, 7) is 8.61. The molecule has 3 aliphatic rings. The van der Waals surface area contributed by atoms with Crippen molar-refractivity contribution in [2.45, 2.75) is 84.3 Å². The van der Waals surface area contributed by atoms with Crippen LogP contribution in [0.3, 0.4) is 0 Å². The summed E-state index contributed by atoms with van der Waals surface area (Å²) in [4.78, 5) is 31.6. The molecule has 2 aromatic heterocycles. The van der Waals surface area contributed by atoms with Crippen molar-refractivity contribution < 1.29 is 9.90 Å². The third-order valence-corrected chi connectivity index (χ3v) is 9.64. The molecular formula is C26H40N8O2S. The molecule has 37 heavy (non-hydrogen) atoms. The standard InChI is InChI=1S/C26H40N8O2S/c1-15-7-9-18(10-8-15)13-34-20-22(28-17(3)19-5-4-6-19)30-24(21(27)29-26(35)36)31-23(20)32-25(34)33-11-12-37-14-16(33)2/h15-19H,4-14H2,1-3H3,(H2,27,29)(H,35,36)(H,28,30,31). The molecule has 1 saturated heterocycles. The number of imidazole rings is 1. The summed E-state index contributed by atoms with van der Waals surface area (Å²) in [5.41, 5.74) is 7.45. The Morgan fingerprint density at radius 2 is 1.95 bits per heavy atom. The van der Waals surface area contributed by atoms with Gasteiger partial charge in [0.25, 0.3) is 0 Å². The third-order valence-electron chi connectivity index (χ3n) is 8.45. The summed E-state index contributed by atoms with van der Waals surface area (Å²) >= 11 is 1.98. The van der Waals surface area contributed by atoms with Gasteiger partial charge in [0, 0.05) is 36.7 Å². The van der Waals surface area contributed by atoms with Gasteiger partial charge in [-0.25, -0.2) is 14.8 Å². The topological polar surface area (TPSA) is 135 Å². The van der Waals surface area contributed by atoms with Crippen molar-refractivity contribution >= 4 is 46.6 Å². The van der Waals surface area contributed by atoms with E-state index in [4.69, 9.17) is 20.8 Å². The van der Waals surface area contributed by atoms with Gasteiger partial charge in [-0.1, -0.05) is 26.2 Å². The van der Waals surface area contributed by atoms with Crippen molar-refractivity contribution in [2.24, 2.45) is 28.5 Å². The number of thioether (sulfide) groups is 1. The van der Waals surface area contributed by atoms with E-state index in [-0.39, 0.29) is 17.7 Å². The van der Waals surface area contributed by atoms with Crippen LogP contribution in [-0.2, 0) is 6.54 Å². The fraction of sp³-hybridized carbons (Fsp3) is 0.731. The average molecular weight is 529 g/mol. The zero-order valence-corrected chi connectivity index (χ0v) is 23.0. The molecule has 2 atom stereocenters. The van der Waals surface area contributed by atoms with Gasteiger partial charge in [0.05, 0.1) is 0 Å². The SMILES string of the molecule is CC1CCC(Cn2c(N3CCSCC3C)nc3nc(C(N)=NC(=O)O)nc(NC(C)C4CCC4)c32)CC1. The minimum absolute atomic E-state index is 0.100. The van der Waals surface area contributed by atoms with Gasteiger partial charge in [-0.3, -0.25) is 0 Å². The second-order valence-corrected chi connectivity index (χ2v) is 12.4. The van der Waals surface area contributed by atoms with Gasteiger partial charge in [0.1, 0.15) is 5.52 Å². The van der Waals surface area contributed by atoms with E-state index in [9.17, 15) is 4.79 Å². The molecule has 2 saturated carbocycles. The summed E-state index contributed by atoms with van der Waals surface area (Å²) in [6.07, 6.45) is 7.24. The number of hydrogen-bond acceptors (Lipinski definition) is 7. The number of amides is 1. The fourth-order valence-corrected chi connectivity index (χ4v) is 6.87. The first-order chi connectivity index (χ1) is 17.8. The highest BCUT2D eigenvalue weighted by molar-refractivity contribution is 7.99. The summed E-state index contributed by atoms with van der Waals surface area (Å²) in [6, 6.07) is 0.585. The average Bonchev–Trinajstić information content (AvgIpc) is 3.17. The number of anilines is 2. The Morgan fingerprint density at radius 3 is 2.59 bits per heavy atom. The number of amidine groups is 1. The van der Waals surface area contributed by atoms with Crippen LogP contribution in [0.25, 0.3) is 11.2 Å². The van der Waals surface area contributed by atoms with E-state index in [1.54, 1.807) is 0 Å². The summed E-state index contributed by atoms with van der Waals surface area (Å²) < 4.78 is 2.34. The Kier molecular flexibility index (Phi) is 7.78. The van der Waals surface area contributed by atoms with E-state index in [0.717, 1.165) is 42.0 Å². The molecular weight excluding hydrogens is 488 g/mol. The highest BCUT2D eigenvalue weighted by Crippen LogP contribution is 2.36. The first kappa shape index (κ1) is 26.1. The van der Waals surface area contributed by atoms with Gasteiger partial charge in [-0.2, -0.15) is 21.7 Å². The number of nitrogens with two attached hydrogens (primary N) is 1. The lowest BCUT2D eigenvalue weighted by atomic mass is 9.80. The zero-order valence-electron chi connectivity index (χ0n) is 22.2. The summed E-state index contributed by atoms with van der Waals surface area (Å²) in [7, 11) is 0.